The van der Waals surface area contributed by atoms with Crippen molar-refractivity contribution >= 4 is 9.84 Å². The highest BCUT2D eigenvalue weighted by molar-refractivity contribution is 7.92. The lowest BCUT2D eigenvalue weighted by molar-refractivity contribution is 0.441. The molecular formula is C9H15N3O2S. The third-order valence-electron chi connectivity index (χ3n) is 2.82. The van der Waals surface area contributed by atoms with Crippen molar-refractivity contribution in [3.05, 3.63) is 18.0 Å². The Hall–Kier alpha value is -0.880. The molecule has 0 amide bonds. The molecule has 0 saturated carbocycles. The van der Waals surface area contributed by atoms with E-state index in [0.717, 1.165) is 5.69 Å². The zero-order valence-electron chi connectivity index (χ0n) is 8.84. The van der Waals surface area contributed by atoms with Crippen LogP contribution in [-0.4, -0.2) is 36.8 Å². The van der Waals surface area contributed by atoms with Gasteiger partial charge in [0.15, 0.2) is 9.84 Å². The normalized spacial score (nSPS) is 22.3. The monoisotopic (exact) mass is 229 g/mol. The van der Waals surface area contributed by atoms with Gasteiger partial charge in [-0.15, -0.1) is 0 Å². The van der Waals surface area contributed by atoms with Gasteiger partial charge in [-0.3, -0.25) is 4.68 Å². The molecule has 0 aromatic carbocycles. The van der Waals surface area contributed by atoms with Crippen molar-refractivity contribution in [3.63, 3.8) is 0 Å². The van der Waals surface area contributed by atoms with E-state index < -0.39 is 9.84 Å². The van der Waals surface area contributed by atoms with E-state index in [1.54, 1.807) is 6.20 Å². The number of rotatable bonds is 3. The summed E-state index contributed by atoms with van der Waals surface area (Å²) in [6, 6.07) is 2.14. The highest BCUT2D eigenvalue weighted by Gasteiger charge is 2.36. The van der Waals surface area contributed by atoms with E-state index in [1.807, 2.05) is 24.7 Å². The molecular weight excluding hydrogens is 214 g/mol. The molecule has 1 saturated heterocycles. The predicted molar refractivity (Wildman–Crippen MR) is 57.4 cm³/mol. The van der Waals surface area contributed by atoms with Crippen molar-refractivity contribution < 1.29 is 8.42 Å². The molecule has 1 N–H and O–H groups in total. The van der Waals surface area contributed by atoms with E-state index >= 15 is 0 Å². The fraction of sp³-hybridized carbons (Fsp3) is 0.667. The van der Waals surface area contributed by atoms with Gasteiger partial charge in [0.2, 0.25) is 0 Å². The molecule has 1 aliphatic heterocycles. The van der Waals surface area contributed by atoms with Crippen LogP contribution in [0.4, 0.5) is 0 Å². The fourth-order valence-corrected chi connectivity index (χ4v) is 3.16. The fourth-order valence-electron chi connectivity index (χ4n) is 1.80. The Morgan fingerprint density at radius 3 is 2.80 bits per heavy atom. The van der Waals surface area contributed by atoms with Gasteiger partial charge >= 0.3 is 0 Å². The molecule has 1 aliphatic rings. The van der Waals surface area contributed by atoms with Gasteiger partial charge in [0.05, 0.1) is 23.2 Å². The summed E-state index contributed by atoms with van der Waals surface area (Å²) in [5.74, 6) is 0.441. The van der Waals surface area contributed by atoms with Crippen molar-refractivity contribution in [2.45, 2.75) is 19.0 Å². The maximum absolute atomic E-state index is 11.1. The van der Waals surface area contributed by atoms with Gasteiger partial charge < -0.3 is 5.32 Å². The number of sulfone groups is 1. The molecule has 0 radical (unpaired) electrons. The molecule has 15 heavy (non-hydrogen) atoms. The van der Waals surface area contributed by atoms with Crippen LogP contribution >= 0.6 is 0 Å². The highest BCUT2D eigenvalue weighted by atomic mass is 32.2. The molecule has 1 aromatic heterocycles. The quantitative estimate of drug-likeness (QED) is 0.800. The standard InChI is InChI=1S/C9H15N3O2S/c1-7(10-2)9-3-4-11-12(9)8-5-15(13,14)6-8/h3-4,7-8,10H,5-6H2,1-2H3. The highest BCUT2D eigenvalue weighted by Crippen LogP contribution is 2.26. The predicted octanol–water partition coefficient (Wildman–Crippen LogP) is 0.133. The van der Waals surface area contributed by atoms with E-state index in [4.69, 9.17) is 0 Å². The first-order chi connectivity index (χ1) is 7.03. The minimum Gasteiger partial charge on any atom is -0.312 e. The van der Waals surface area contributed by atoms with Gasteiger partial charge in [0, 0.05) is 12.2 Å². The lowest BCUT2D eigenvalue weighted by atomic mass is 10.2. The second-order valence-electron chi connectivity index (χ2n) is 3.94. The van der Waals surface area contributed by atoms with Gasteiger partial charge in [-0.25, -0.2) is 8.42 Å². The maximum Gasteiger partial charge on any atom is 0.154 e. The number of hydrogen-bond donors (Lipinski definition) is 1. The van der Waals surface area contributed by atoms with Crippen LogP contribution < -0.4 is 5.32 Å². The van der Waals surface area contributed by atoms with Crippen LogP contribution in [0.15, 0.2) is 12.3 Å². The van der Waals surface area contributed by atoms with Crippen molar-refractivity contribution in [2.24, 2.45) is 0 Å². The van der Waals surface area contributed by atoms with Crippen LogP contribution in [-0.2, 0) is 9.84 Å². The largest absolute Gasteiger partial charge is 0.312 e. The van der Waals surface area contributed by atoms with Crippen LogP contribution in [0.1, 0.15) is 24.7 Å². The smallest absolute Gasteiger partial charge is 0.154 e. The molecule has 0 aliphatic carbocycles. The molecule has 1 fully saturated rings. The third kappa shape index (κ3) is 1.91. The van der Waals surface area contributed by atoms with Crippen LogP contribution in [0.2, 0.25) is 0 Å². The summed E-state index contributed by atoms with van der Waals surface area (Å²) in [5.41, 5.74) is 1.04. The lowest BCUT2D eigenvalue weighted by Gasteiger charge is -2.28. The summed E-state index contributed by atoms with van der Waals surface area (Å²) in [5, 5.41) is 7.31. The van der Waals surface area contributed by atoms with Crippen LogP contribution in [0.25, 0.3) is 0 Å². The van der Waals surface area contributed by atoms with E-state index in [2.05, 4.69) is 10.4 Å². The summed E-state index contributed by atoms with van der Waals surface area (Å²) >= 11 is 0. The SMILES string of the molecule is CNC(C)c1ccnn1C1CS(=O)(=O)C1. The van der Waals surface area contributed by atoms with Gasteiger partial charge in [0.1, 0.15) is 0 Å². The second-order valence-corrected chi connectivity index (χ2v) is 6.10. The van der Waals surface area contributed by atoms with Gasteiger partial charge in [-0.05, 0) is 20.0 Å². The average molecular weight is 229 g/mol. The third-order valence-corrected chi connectivity index (χ3v) is 4.60. The number of hydrogen-bond acceptors (Lipinski definition) is 4. The first-order valence-corrected chi connectivity index (χ1v) is 6.77. The summed E-state index contributed by atoms with van der Waals surface area (Å²) in [6.45, 7) is 2.03. The first kappa shape index (κ1) is 10.6. The summed E-state index contributed by atoms with van der Waals surface area (Å²) < 4.78 is 24.0. The summed E-state index contributed by atoms with van der Waals surface area (Å²) in [4.78, 5) is 0. The lowest BCUT2D eigenvalue weighted by Crippen LogP contribution is -2.40. The number of nitrogens with zero attached hydrogens (tertiary/aromatic N) is 2. The Morgan fingerprint density at radius 1 is 1.60 bits per heavy atom. The van der Waals surface area contributed by atoms with Crippen molar-refractivity contribution in [3.8, 4) is 0 Å². The van der Waals surface area contributed by atoms with Gasteiger partial charge in [0.25, 0.3) is 0 Å². The van der Waals surface area contributed by atoms with Crippen molar-refractivity contribution in [1.82, 2.24) is 15.1 Å². The van der Waals surface area contributed by atoms with Crippen molar-refractivity contribution in [2.75, 3.05) is 18.6 Å². The van der Waals surface area contributed by atoms with E-state index in [1.165, 1.54) is 0 Å². The molecule has 84 valence electrons. The van der Waals surface area contributed by atoms with Crippen LogP contribution in [0.5, 0.6) is 0 Å². The first-order valence-electron chi connectivity index (χ1n) is 4.94. The van der Waals surface area contributed by atoms with E-state index in [0.29, 0.717) is 0 Å². The Labute approximate surface area is 89.4 Å². The van der Waals surface area contributed by atoms with Gasteiger partial charge in [-0.1, -0.05) is 0 Å². The van der Waals surface area contributed by atoms with Gasteiger partial charge in [-0.2, -0.15) is 5.10 Å². The Kier molecular flexibility index (Phi) is 2.56. The molecule has 1 unspecified atom stereocenters. The molecule has 5 nitrogen and oxygen atoms in total. The minimum atomic E-state index is -2.79. The summed E-state index contributed by atoms with van der Waals surface area (Å²) in [6.07, 6.45) is 1.72. The molecule has 1 atom stereocenters. The molecule has 6 heteroatoms. The Balaban J connectivity index is 2.20. The molecule has 0 bridgehead atoms. The van der Waals surface area contributed by atoms with E-state index in [9.17, 15) is 8.42 Å². The topological polar surface area (TPSA) is 64.0 Å². The molecule has 1 aromatic rings. The summed E-state index contributed by atoms with van der Waals surface area (Å²) in [7, 11) is -0.913. The Bertz CT molecular complexity index is 440. The molecule has 2 heterocycles. The Morgan fingerprint density at radius 2 is 2.27 bits per heavy atom. The molecule has 2 rings (SSSR count). The number of aromatic nitrogens is 2. The van der Waals surface area contributed by atoms with Crippen LogP contribution in [0, 0.1) is 0 Å². The van der Waals surface area contributed by atoms with E-state index in [-0.39, 0.29) is 23.6 Å². The van der Waals surface area contributed by atoms with Crippen molar-refractivity contribution in [1.29, 1.82) is 0 Å². The second kappa shape index (κ2) is 3.61. The molecule has 0 spiro atoms. The zero-order chi connectivity index (χ0) is 11.1. The zero-order valence-corrected chi connectivity index (χ0v) is 9.66. The average Bonchev–Trinajstić information content (AvgIpc) is 2.60. The van der Waals surface area contributed by atoms with Crippen LogP contribution in [0.3, 0.4) is 0 Å². The number of nitrogens with one attached hydrogen (secondary N) is 1. The maximum atomic E-state index is 11.1. The minimum absolute atomic E-state index is 0.0239.